The highest BCUT2D eigenvalue weighted by Crippen LogP contribution is 2.36. The first kappa shape index (κ1) is 74.7. The highest BCUT2D eigenvalue weighted by molar-refractivity contribution is 5.96. The molecule has 0 saturated carbocycles. The molecule has 0 amide bonds. The molecule has 4 aromatic carbocycles. The Morgan fingerprint density at radius 2 is 0.795 bits per heavy atom. The van der Waals surface area contributed by atoms with E-state index in [2.05, 4.69) is 244 Å². The third-order valence-electron chi connectivity index (χ3n) is 13.5. The molecule has 0 aliphatic carbocycles. The summed E-state index contributed by atoms with van der Waals surface area (Å²) in [5, 5.41) is 4.89. The first-order valence-corrected chi connectivity index (χ1v) is 32.4. The Morgan fingerprint density at radius 1 is 0.458 bits per heavy atom. The van der Waals surface area contributed by atoms with Crippen molar-refractivity contribution >= 4 is 44.3 Å². The molecule has 0 bridgehead atoms. The maximum atomic E-state index is 4.88. The zero-order valence-electron chi connectivity index (χ0n) is 56.7. The summed E-state index contributed by atoms with van der Waals surface area (Å²) in [5.74, 6) is 2.40. The molecule has 0 fully saturated rings. The lowest BCUT2D eigenvalue weighted by molar-refractivity contribution is 0.356. The molecule has 0 aliphatic heterocycles. The number of benzene rings is 4. The number of fused-ring (bicyclic) bond motifs is 2. The highest BCUT2D eigenvalue weighted by Gasteiger charge is 2.19. The zero-order valence-corrected chi connectivity index (χ0v) is 56.7. The molecule has 2 heterocycles. The van der Waals surface area contributed by atoms with E-state index in [0.717, 1.165) is 107 Å². The van der Waals surface area contributed by atoms with Crippen LogP contribution in [0.3, 0.4) is 0 Å². The van der Waals surface area contributed by atoms with Crippen LogP contribution in [0.5, 0.6) is 0 Å². The van der Waals surface area contributed by atoms with Gasteiger partial charge in [-0.15, -0.1) is 0 Å². The molecule has 7 nitrogen and oxygen atoms in total. The maximum absolute atomic E-state index is 4.88. The molecule has 6 aromatic rings. The summed E-state index contributed by atoms with van der Waals surface area (Å²) in [6, 6.07) is 35.3. The number of hydrogen-bond acceptors (Lipinski definition) is 7. The van der Waals surface area contributed by atoms with Gasteiger partial charge in [-0.25, -0.2) is 0 Å². The van der Waals surface area contributed by atoms with Gasteiger partial charge in [0.25, 0.3) is 0 Å². The number of aromatic nitrogens is 2. The van der Waals surface area contributed by atoms with Crippen LogP contribution in [0.15, 0.2) is 158 Å². The predicted molar refractivity (Wildman–Crippen MR) is 378 cm³/mol. The van der Waals surface area contributed by atoms with Crippen molar-refractivity contribution in [2.24, 2.45) is 23.7 Å². The van der Waals surface area contributed by atoms with E-state index in [4.69, 9.17) is 9.97 Å². The minimum atomic E-state index is 0.601. The Bertz CT molecular complexity index is 2650. The van der Waals surface area contributed by atoms with Crippen LogP contribution in [-0.2, 0) is 0 Å². The summed E-state index contributed by atoms with van der Waals surface area (Å²) in [5.41, 5.74) is 11.9. The van der Waals surface area contributed by atoms with Crippen LogP contribution in [0.1, 0.15) is 165 Å². The summed E-state index contributed by atoms with van der Waals surface area (Å²) >= 11 is 0. The quantitative estimate of drug-likeness (QED) is 0.0476. The third kappa shape index (κ3) is 25.6. The summed E-state index contributed by atoms with van der Waals surface area (Å²) in [6.45, 7) is 64.3. The van der Waals surface area contributed by atoms with Crippen LogP contribution >= 0.6 is 0 Å². The van der Waals surface area contributed by atoms with E-state index >= 15 is 0 Å². The molecule has 2 aromatic heterocycles. The van der Waals surface area contributed by atoms with Crippen molar-refractivity contribution < 1.29 is 0 Å². The number of rotatable bonds is 27. The van der Waals surface area contributed by atoms with E-state index in [-0.39, 0.29) is 0 Å². The Morgan fingerprint density at radius 3 is 1.11 bits per heavy atom. The van der Waals surface area contributed by atoms with Gasteiger partial charge in [-0.2, -0.15) is 0 Å². The molecule has 83 heavy (non-hydrogen) atoms. The van der Waals surface area contributed by atoms with Crippen molar-refractivity contribution in [3.8, 4) is 22.5 Å². The fourth-order valence-electron chi connectivity index (χ4n) is 10.1. The molecule has 0 N–H and O–H groups in total. The van der Waals surface area contributed by atoms with E-state index in [1.54, 1.807) is 0 Å². The molecule has 6 rings (SSSR count). The second kappa shape index (κ2) is 42.5. The van der Waals surface area contributed by atoms with Gasteiger partial charge in [0.15, 0.2) is 0 Å². The van der Waals surface area contributed by atoms with E-state index in [9.17, 15) is 0 Å². The Hall–Kier alpha value is -6.34. The minimum absolute atomic E-state index is 0.601. The fourth-order valence-corrected chi connectivity index (χ4v) is 10.1. The van der Waals surface area contributed by atoms with Crippen LogP contribution in [0.4, 0.5) is 22.7 Å². The van der Waals surface area contributed by atoms with Crippen molar-refractivity contribution in [2.75, 3.05) is 85.0 Å². The molecule has 0 aliphatic rings. The number of nitrogens with zero attached hydrogens (tertiary/aromatic N) is 7. The third-order valence-corrected chi connectivity index (χ3v) is 13.5. The van der Waals surface area contributed by atoms with Gasteiger partial charge >= 0.3 is 0 Å². The Kier molecular flexibility index (Phi) is 38.2. The molecule has 7 heteroatoms. The van der Waals surface area contributed by atoms with Crippen molar-refractivity contribution in [3.05, 3.63) is 158 Å². The van der Waals surface area contributed by atoms with E-state index in [0.29, 0.717) is 23.7 Å². The van der Waals surface area contributed by atoms with Gasteiger partial charge in [-0.05, 0) is 143 Å². The lowest BCUT2D eigenvalue weighted by Crippen LogP contribution is -2.33. The fraction of sp³-hybridized carbons (Fsp3) is 0.500. The van der Waals surface area contributed by atoms with Crippen molar-refractivity contribution in [3.63, 3.8) is 0 Å². The van der Waals surface area contributed by atoms with Crippen LogP contribution < -0.4 is 19.6 Å². The summed E-state index contributed by atoms with van der Waals surface area (Å²) in [4.78, 5) is 21.9. The van der Waals surface area contributed by atoms with Gasteiger partial charge in [0.1, 0.15) is 0 Å². The first-order valence-electron chi connectivity index (χ1n) is 32.4. The monoisotopic (exact) mass is 1130 g/mol. The Balaban J connectivity index is 0.000000625. The van der Waals surface area contributed by atoms with E-state index in [1.165, 1.54) is 55.4 Å². The van der Waals surface area contributed by atoms with Gasteiger partial charge in [0.2, 0.25) is 0 Å². The van der Waals surface area contributed by atoms with Crippen molar-refractivity contribution in [1.82, 2.24) is 14.9 Å². The van der Waals surface area contributed by atoms with E-state index in [1.807, 2.05) is 73.0 Å². The van der Waals surface area contributed by atoms with Gasteiger partial charge in [-0.1, -0.05) is 196 Å². The number of anilines is 4. The van der Waals surface area contributed by atoms with Gasteiger partial charge in [0, 0.05) is 128 Å². The summed E-state index contributed by atoms with van der Waals surface area (Å²) < 4.78 is 0. The van der Waals surface area contributed by atoms with Crippen LogP contribution in [0, 0.1) is 23.7 Å². The second-order valence-electron chi connectivity index (χ2n) is 22.2. The lowest BCUT2D eigenvalue weighted by atomic mass is 10.0. The van der Waals surface area contributed by atoms with Crippen LogP contribution in [0.2, 0.25) is 0 Å². The summed E-state index contributed by atoms with van der Waals surface area (Å²) in [6.07, 6.45) is 15.4. The normalized spacial score (nSPS) is 10.8. The molecule has 0 saturated heterocycles. The molecule has 458 valence electrons. The second-order valence-corrected chi connectivity index (χ2v) is 22.2. The average Bonchev–Trinajstić information content (AvgIpc) is 3.64. The Labute approximate surface area is 510 Å². The van der Waals surface area contributed by atoms with Crippen molar-refractivity contribution in [2.45, 2.75) is 165 Å². The predicted octanol–water partition coefficient (Wildman–Crippen LogP) is 21.5. The molecule has 0 radical (unpaired) electrons. The smallest absolute Gasteiger partial charge is 0.0781 e. The molecular weight excluding hydrogens is 1010 g/mol. The molecule has 0 atom stereocenters. The lowest BCUT2D eigenvalue weighted by Gasteiger charge is -2.33. The number of pyridine rings is 2. The molecule has 0 unspecified atom stereocenters. The summed E-state index contributed by atoms with van der Waals surface area (Å²) in [7, 11) is 0. The van der Waals surface area contributed by atoms with Gasteiger partial charge < -0.3 is 24.5 Å². The average molecular weight is 1130 g/mol. The SMILES string of the molecule is C=C(/C=C\C)C/C=C/C(=C)N(CCC)CCC.CC.CC.CC.CC(C)CN(CC(C)C)c1cc(-c2nccc3ccccc23)cc(N(CC(C)C)CC(C)C)c1.CCN(CC)c1cc(-c2nccc3ccccc23)cc(N(CC)CC)c1. The van der Waals surface area contributed by atoms with Gasteiger partial charge in [0.05, 0.1) is 11.4 Å². The minimum Gasteiger partial charge on any atom is -0.372 e. The number of allylic oxidation sites excluding steroid dienone is 5. The highest BCUT2D eigenvalue weighted by atomic mass is 15.2. The zero-order chi connectivity index (χ0) is 62.4. The van der Waals surface area contributed by atoms with Crippen LogP contribution in [0.25, 0.3) is 44.1 Å². The maximum Gasteiger partial charge on any atom is 0.0781 e. The topological polar surface area (TPSA) is 42.0 Å². The first-order chi connectivity index (χ1) is 40.0. The van der Waals surface area contributed by atoms with E-state index < -0.39 is 0 Å². The van der Waals surface area contributed by atoms with Crippen LogP contribution in [-0.4, -0.2) is 80.3 Å². The largest absolute Gasteiger partial charge is 0.372 e. The van der Waals surface area contributed by atoms with Gasteiger partial charge in [-0.3, -0.25) is 9.97 Å². The number of hydrogen-bond donors (Lipinski definition) is 0. The van der Waals surface area contributed by atoms with Crippen molar-refractivity contribution in [1.29, 1.82) is 0 Å². The molecular formula is C76H119N7. The molecule has 0 spiro atoms. The standard InChI is InChI=1S/C31H45N3.C23H29N3.C16H27N.3C2H6/c1-22(2)18-33(19-23(3)4)28-15-27(31-30-12-10-9-11-26(30)13-14-32-31)16-29(17-28)34(20-24(5)6)21-25(7)8;1-5-25(6-2)20-15-19(16-21(17-20)26(7-3)8-4)23-22-12-10-9-11-18(22)13-14-24-23;1-6-10-15(4)11-9-12-16(5)17(13-7-2)14-8-3;3*1-2/h9-17,22-25H,18-21H2,1-8H3;9-17H,5-8H2,1-4H3;6,9-10,12H,4-5,7-8,11,13-14H2,1-3H3;3*1-2H3/b;;10-6-,12-9+;;;.